The third-order valence-corrected chi connectivity index (χ3v) is 3.86. The minimum atomic E-state index is -0.164. The van der Waals surface area contributed by atoms with E-state index >= 15 is 0 Å². The van der Waals surface area contributed by atoms with Crippen molar-refractivity contribution in [1.29, 1.82) is 0 Å². The number of rotatable bonds is 8. The molecule has 1 N–H and O–H groups in total. The maximum Gasteiger partial charge on any atom is 0.246 e. The number of ether oxygens (including phenoxy) is 2. The Balaban J connectivity index is 1.32. The maximum atomic E-state index is 11.7. The molecule has 0 saturated carbocycles. The van der Waals surface area contributed by atoms with Gasteiger partial charge in [-0.1, -0.05) is 5.16 Å². The number of amides is 1. The Morgan fingerprint density at radius 2 is 2.36 bits per heavy atom. The van der Waals surface area contributed by atoms with Gasteiger partial charge in [-0.05, 0) is 31.4 Å². The fourth-order valence-electron chi connectivity index (χ4n) is 2.55. The van der Waals surface area contributed by atoms with E-state index in [4.69, 9.17) is 14.0 Å². The van der Waals surface area contributed by atoms with Gasteiger partial charge in [0.05, 0.1) is 12.7 Å². The Bertz CT molecular complexity index is 656. The molecule has 3 rings (SSSR count). The highest BCUT2D eigenvalue weighted by atomic mass is 16.5. The molecule has 134 valence electrons. The first-order valence-corrected chi connectivity index (χ1v) is 8.50. The highest BCUT2D eigenvalue weighted by Gasteiger charge is 2.14. The van der Waals surface area contributed by atoms with Crippen molar-refractivity contribution in [3.63, 3.8) is 0 Å². The van der Waals surface area contributed by atoms with Crippen molar-refractivity contribution < 1.29 is 18.8 Å². The van der Waals surface area contributed by atoms with Gasteiger partial charge >= 0.3 is 0 Å². The van der Waals surface area contributed by atoms with E-state index < -0.39 is 0 Å². The van der Waals surface area contributed by atoms with Crippen molar-refractivity contribution in [2.24, 2.45) is 0 Å². The molecule has 8 nitrogen and oxygen atoms in total. The summed E-state index contributed by atoms with van der Waals surface area (Å²) in [4.78, 5) is 20.1. The Kier molecular flexibility index (Phi) is 6.47. The number of pyridine rings is 1. The molecule has 2 aromatic heterocycles. The first-order chi connectivity index (χ1) is 12.3. The molecule has 3 heterocycles. The van der Waals surface area contributed by atoms with Gasteiger partial charge in [-0.25, -0.2) is 0 Å². The zero-order valence-corrected chi connectivity index (χ0v) is 14.0. The molecule has 0 radical (unpaired) electrons. The summed E-state index contributed by atoms with van der Waals surface area (Å²) in [5.74, 6) is 0.795. The molecule has 0 unspecified atom stereocenters. The maximum absolute atomic E-state index is 11.7. The van der Waals surface area contributed by atoms with Crippen LogP contribution in [-0.2, 0) is 20.7 Å². The average Bonchev–Trinajstić information content (AvgIpc) is 3.12. The number of carbonyl (C=O) groups is 1. The molecule has 2 aromatic rings. The molecule has 25 heavy (non-hydrogen) atoms. The minimum Gasteiger partial charge on any atom is -0.376 e. The molecule has 1 amide bonds. The quantitative estimate of drug-likeness (QED) is 0.770. The second-order valence-corrected chi connectivity index (χ2v) is 5.86. The van der Waals surface area contributed by atoms with Crippen LogP contribution in [0.15, 0.2) is 29.0 Å². The Labute approximate surface area is 145 Å². The fourth-order valence-corrected chi connectivity index (χ4v) is 2.55. The minimum absolute atomic E-state index is 0.0324. The smallest absolute Gasteiger partial charge is 0.246 e. The first kappa shape index (κ1) is 17.5. The first-order valence-electron chi connectivity index (χ1n) is 8.50. The highest BCUT2D eigenvalue weighted by molar-refractivity contribution is 5.77. The Morgan fingerprint density at radius 1 is 1.40 bits per heavy atom. The van der Waals surface area contributed by atoms with Crippen molar-refractivity contribution in [2.75, 3.05) is 26.4 Å². The van der Waals surface area contributed by atoms with Crippen molar-refractivity contribution in [2.45, 2.75) is 31.8 Å². The van der Waals surface area contributed by atoms with E-state index in [0.717, 1.165) is 31.4 Å². The van der Waals surface area contributed by atoms with Gasteiger partial charge in [-0.3, -0.25) is 9.78 Å². The molecule has 1 aliphatic heterocycles. The van der Waals surface area contributed by atoms with Gasteiger partial charge in [0.1, 0.15) is 6.61 Å². The fraction of sp³-hybridized carbons (Fsp3) is 0.529. The Hall–Kier alpha value is -2.32. The number of hydrogen-bond donors (Lipinski definition) is 1. The third kappa shape index (κ3) is 5.61. The molecule has 0 bridgehead atoms. The number of carbonyl (C=O) groups excluding carboxylic acids is 1. The normalized spacial score (nSPS) is 17.4. The van der Waals surface area contributed by atoms with E-state index in [2.05, 4.69) is 20.4 Å². The van der Waals surface area contributed by atoms with Gasteiger partial charge in [0, 0.05) is 37.5 Å². The van der Waals surface area contributed by atoms with Crippen LogP contribution >= 0.6 is 0 Å². The van der Waals surface area contributed by atoms with Crippen LogP contribution in [0, 0.1) is 0 Å². The molecule has 0 spiro atoms. The molecule has 0 aliphatic carbocycles. The monoisotopic (exact) mass is 346 g/mol. The number of nitrogens with zero attached hydrogens (tertiary/aromatic N) is 3. The summed E-state index contributed by atoms with van der Waals surface area (Å²) in [6, 6.07) is 3.67. The molecular formula is C17H22N4O4. The Morgan fingerprint density at radius 3 is 3.16 bits per heavy atom. The molecule has 1 saturated heterocycles. The zero-order chi connectivity index (χ0) is 17.3. The van der Waals surface area contributed by atoms with E-state index in [9.17, 15) is 4.79 Å². The third-order valence-electron chi connectivity index (χ3n) is 3.86. The van der Waals surface area contributed by atoms with Gasteiger partial charge in [0.25, 0.3) is 0 Å². The van der Waals surface area contributed by atoms with Crippen LogP contribution in [0.2, 0.25) is 0 Å². The van der Waals surface area contributed by atoms with Crippen LogP contribution in [0.3, 0.4) is 0 Å². The van der Waals surface area contributed by atoms with Gasteiger partial charge in [-0.2, -0.15) is 4.98 Å². The van der Waals surface area contributed by atoms with Crippen LogP contribution in [-0.4, -0.2) is 53.5 Å². The summed E-state index contributed by atoms with van der Waals surface area (Å²) < 4.78 is 16.1. The van der Waals surface area contributed by atoms with Crippen LogP contribution in [0.25, 0.3) is 11.4 Å². The van der Waals surface area contributed by atoms with E-state index in [-0.39, 0.29) is 18.6 Å². The lowest BCUT2D eigenvalue weighted by Crippen LogP contribution is -2.32. The zero-order valence-electron chi connectivity index (χ0n) is 14.0. The summed E-state index contributed by atoms with van der Waals surface area (Å²) in [5, 5.41) is 6.68. The van der Waals surface area contributed by atoms with Crippen LogP contribution < -0.4 is 5.32 Å². The van der Waals surface area contributed by atoms with Gasteiger partial charge < -0.3 is 19.3 Å². The largest absolute Gasteiger partial charge is 0.376 e. The average molecular weight is 346 g/mol. The van der Waals surface area contributed by atoms with E-state index in [1.807, 2.05) is 12.1 Å². The SMILES string of the molecule is O=C(COC[C@@H]1CCCCO1)NCCc1nc(-c2cccnc2)no1. The lowest BCUT2D eigenvalue weighted by molar-refractivity contribution is -0.127. The lowest BCUT2D eigenvalue weighted by Gasteiger charge is -2.22. The van der Waals surface area contributed by atoms with Gasteiger partial charge in [0.2, 0.25) is 17.6 Å². The molecule has 8 heteroatoms. The second-order valence-electron chi connectivity index (χ2n) is 5.86. The molecule has 0 aromatic carbocycles. The summed E-state index contributed by atoms with van der Waals surface area (Å²) in [5.41, 5.74) is 0.792. The molecular weight excluding hydrogens is 324 g/mol. The molecule has 1 fully saturated rings. The second kappa shape index (κ2) is 9.24. The highest BCUT2D eigenvalue weighted by Crippen LogP contribution is 2.14. The standard InChI is InChI=1S/C17H22N4O4/c22-15(12-23-11-14-5-1-2-9-24-14)19-8-6-16-20-17(21-25-16)13-4-3-7-18-10-13/h3-4,7,10,14H,1-2,5-6,8-9,11-12H2,(H,19,22)/t14-/m0/s1. The predicted molar refractivity (Wildman–Crippen MR) is 88.7 cm³/mol. The number of aromatic nitrogens is 3. The molecule has 1 atom stereocenters. The van der Waals surface area contributed by atoms with Gasteiger partial charge in [-0.15, -0.1) is 0 Å². The van der Waals surface area contributed by atoms with E-state index in [0.29, 0.717) is 31.3 Å². The van der Waals surface area contributed by atoms with E-state index in [1.54, 1.807) is 12.4 Å². The van der Waals surface area contributed by atoms with E-state index in [1.165, 1.54) is 0 Å². The number of nitrogens with one attached hydrogen (secondary N) is 1. The summed E-state index contributed by atoms with van der Waals surface area (Å²) >= 11 is 0. The lowest BCUT2D eigenvalue weighted by atomic mass is 10.1. The summed E-state index contributed by atoms with van der Waals surface area (Å²) in [7, 11) is 0. The summed E-state index contributed by atoms with van der Waals surface area (Å²) in [6.45, 7) is 1.69. The van der Waals surface area contributed by atoms with Gasteiger partial charge in [0.15, 0.2) is 0 Å². The van der Waals surface area contributed by atoms with Crippen molar-refractivity contribution >= 4 is 5.91 Å². The predicted octanol–water partition coefficient (Wildman–Crippen LogP) is 1.38. The molecule has 1 aliphatic rings. The van der Waals surface area contributed by atoms with Crippen LogP contribution in [0.1, 0.15) is 25.2 Å². The van der Waals surface area contributed by atoms with Crippen molar-refractivity contribution in [3.8, 4) is 11.4 Å². The van der Waals surface area contributed by atoms with Crippen molar-refractivity contribution in [3.05, 3.63) is 30.4 Å². The van der Waals surface area contributed by atoms with Crippen molar-refractivity contribution in [1.82, 2.24) is 20.4 Å². The topological polar surface area (TPSA) is 99.4 Å². The number of hydrogen-bond acceptors (Lipinski definition) is 7. The van der Waals surface area contributed by atoms with Crippen LogP contribution in [0.5, 0.6) is 0 Å². The summed E-state index contributed by atoms with van der Waals surface area (Å²) in [6.07, 6.45) is 7.20. The van der Waals surface area contributed by atoms with Crippen LogP contribution in [0.4, 0.5) is 0 Å².